The van der Waals surface area contributed by atoms with Gasteiger partial charge in [-0.15, -0.1) is 5.10 Å². The Hall–Kier alpha value is -2.17. The molecule has 1 aromatic carbocycles. The zero-order valence-electron chi connectivity index (χ0n) is 7.06. The standard InChI is InChI=1S/C9H5N4O/c1-2-7(6-4-10-14-5-6)9-8(3-1)11-13-12-9/h1-3,5H,(H,11,12,13). The molecule has 1 N–H and O–H groups in total. The number of aromatic amines is 1. The van der Waals surface area contributed by atoms with Gasteiger partial charge in [-0.05, 0) is 6.07 Å². The molecule has 0 saturated heterocycles. The molecule has 0 spiro atoms. The number of benzene rings is 1. The van der Waals surface area contributed by atoms with Gasteiger partial charge in [-0.3, -0.25) is 5.10 Å². The van der Waals surface area contributed by atoms with Crippen molar-refractivity contribution in [1.29, 1.82) is 0 Å². The number of hydrogen-bond acceptors (Lipinski definition) is 4. The van der Waals surface area contributed by atoms with Gasteiger partial charge in [-0.1, -0.05) is 22.5 Å². The maximum Gasteiger partial charge on any atom is 0.144 e. The fraction of sp³-hybridized carbons (Fsp3) is 0. The second-order valence-electron chi connectivity index (χ2n) is 2.85. The summed E-state index contributed by atoms with van der Waals surface area (Å²) < 4.78 is 4.73. The van der Waals surface area contributed by atoms with Crippen molar-refractivity contribution in [1.82, 2.24) is 20.6 Å². The number of nitrogens with zero attached hydrogens (tertiary/aromatic N) is 3. The van der Waals surface area contributed by atoms with Crippen LogP contribution in [-0.2, 0) is 0 Å². The van der Waals surface area contributed by atoms with Crippen LogP contribution in [0, 0.1) is 6.20 Å². The van der Waals surface area contributed by atoms with Gasteiger partial charge in [0.05, 0.1) is 11.1 Å². The third-order valence-corrected chi connectivity index (χ3v) is 2.04. The molecule has 3 aromatic rings. The van der Waals surface area contributed by atoms with E-state index < -0.39 is 0 Å². The zero-order chi connectivity index (χ0) is 9.38. The number of nitrogens with one attached hydrogen (secondary N) is 1. The Morgan fingerprint density at radius 1 is 1.36 bits per heavy atom. The number of H-pyrrole nitrogens is 1. The number of aromatic nitrogens is 4. The highest BCUT2D eigenvalue weighted by atomic mass is 16.5. The predicted octanol–water partition coefficient (Wildman–Crippen LogP) is 1.41. The summed E-state index contributed by atoms with van der Waals surface area (Å²) in [7, 11) is 0. The van der Waals surface area contributed by atoms with E-state index >= 15 is 0 Å². The average molecular weight is 185 g/mol. The number of hydrogen-bond donors (Lipinski definition) is 1. The van der Waals surface area contributed by atoms with Gasteiger partial charge in [-0.2, -0.15) is 0 Å². The van der Waals surface area contributed by atoms with Gasteiger partial charge in [-0.25, -0.2) is 0 Å². The number of fused-ring (bicyclic) bond motifs is 1. The Balaban J connectivity index is 2.36. The van der Waals surface area contributed by atoms with Gasteiger partial charge in [0.25, 0.3) is 0 Å². The van der Waals surface area contributed by atoms with E-state index in [0.717, 1.165) is 22.2 Å². The predicted molar refractivity (Wildman–Crippen MR) is 48.2 cm³/mol. The first-order chi connectivity index (χ1) is 6.95. The van der Waals surface area contributed by atoms with E-state index in [9.17, 15) is 0 Å². The monoisotopic (exact) mass is 185 g/mol. The van der Waals surface area contributed by atoms with E-state index in [1.165, 1.54) is 6.26 Å². The van der Waals surface area contributed by atoms with Crippen molar-refractivity contribution >= 4 is 11.0 Å². The van der Waals surface area contributed by atoms with Gasteiger partial charge < -0.3 is 4.52 Å². The van der Waals surface area contributed by atoms with Crippen LogP contribution in [0.15, 0.2) is 29.0 Å². The normalized spacial score (nSPS) is 10.9. The molecule has 1 radical (unpaired) electrons. The molecular formula is C9H5N4O. The van der Waals surface area contributed by atoms with Gasteiger partial charge in [0.2, 0.25) is 0 Å². The molecule has 0 unspecified atom stereocenters. The van der Waals surface area contributed by atoms with Crippen molar-refractivity contribution in [3.8, 4) is 11.1 Å². The first kappa shape index (κ1) is 7.25. The Morgan fingerprint density at radius 2 is 2.36 bits per heavy atom. The molecule has 2 aromatic heterocycles. The molecule has 0 amide bonds. The topological polar surface area (TPSA) is 67.6 Å². The highest BCUT2D eigenvalue weighted by Crippen LogP contribution is 2.24. The summed E-state index contributed by atoms with van der Waals surface area (Å²) in [6.07, 6.45) is 4.27. The van der Waals surface area contributed by atoms with Crippen LogP contribution in [0.5, 0.6) is 0 Å². The second-order valence-corrected chi connectivity index (χ2v) is 2.85. The van der Waals surface area contributed by atoms with E-state index in [0.29, 0.717) is 0 Å². The lowest BCUT2D eigenvalue weighted by Crippen LogP contribution is -1.77. The van der Waals surface area contributed by atoms with E-state index in [4.69, 9.17) is 4.52 Å². The highest BCUT2D eigenvalue weighted by molar-refractivity contribution is 5.90. The minimum atomic E-state index is 0.782. The quantitative estimate of drug-likeness (QED) is 0.622. The van der Waals surface area contributed by atoms with Gasteiger partial charge >= 0.3 is 0 Å². The molecule has 3 rings (SSSR count). The van der Waals surface area contributed by atoms with Gasteiger partial charge in [0.1, 0.15) is 18.0 Å². The molecule has 0 fully saturated rings. The fourth-order valence-electron chi connectivity index (χ4n) is 1.39. The summed E-state index contributed by atoms with van der Waals surface area (Å²) in [4.78, 5) is 0. The zero-order valence-corrected chi connectivity index (χ0v) is 7.06. The first-order valence-corrected chi connectivity index (χ1v) is 4.07. The van der Waals surface area contributed by atoms with Crippen molar-refractivity contribution < 1.29 is 4.52 Å². The van der Waals surface area contributed by atoms with Crippen LogP contribution in [0.4, 0.5) is 0 Å². The van der Waals surface area contributed by atoms with Crippen molar-refractivity contribution in [2.75, 3.05) is 0 Å². The van der Waals surface area contributed by atoms with Crippen molar-refractivity contribution in [2.24, 2.45) is 0 Å². The largest absolute Gasteiger partial charge is 0.363 e. The van der Waals surface area contributed by atoms with Crippen molar-refractivity contribution in [3.63, 3.8) is 0 Å². The van der Waals surface area contributed by atoms with Gasteiger partial charge in [0.15, 0.2) is 0 Å². The molecule has 0 saturated carbocycles. The summed E-state index contributed by atoms with van der Waals surface area (Å²) in [5.41, 5.74) is 3.38. The highest BCUT2D eigenvalue weighted by Gasteiger charge is 2.07. The molecule has 14 heavy (non-hydrogen) atoms. The van der Waals surface area contributed by atoms with E-state index in [-0.39, 0.29) is 0 Å². The van der Waals surface area contributed by atoms with Crippen LogP contribution < -0.4 is 0 Å². The Kier molecular flexibility index (Phi) is 1.38. The minimum Gasteiger partial charge on any atom is -0.363 e. The SMILES string of the molecule is [c]1nocc1-c1cccc2[nH]nnc12. The Labute approximate surface area is 78.7 Å². The van der Waals surface area contributed by atoms with Crippen LogP contribution in [-0.4, -0.2) is 20.6 Å². The molecule has 5 nitrogen and oxygen atoms in total. The lowest BCUT2D eigenvalue weighted by Gasteiger charge is -1.94. The minimum absolute atomic E-state index is 0.782. The molecular weight excluding hydrogens is 180 g/mol. The van der Waals surface area contributed by atoms with Gasteiger partial charge in [0, 0.05) is 5.56 Å². The molecule has 0 atom stereocenters. The summed E-state index contributed by atoms with van der Waals surface area (Å²) in [6.45, 7) is 0. The summed E-state index contributed by atoms with van der Waals surface area (Å²) >= 11 is 0. The van der Waals surface area contributed by atoms with E-state index in [1.807, 2.05) is 18.2 Å². The molecule has 0 aliphatic heterocycles. The third kappa shape index (κ3) is 0.922. The van der Waals surface area contributed by atoms with Crippen LogP contribution in [0.3, 0.4) is 0 Å². The first-order valence-electron chi connectivity index (χ1n) is 4.07. The van der Waals surface area contributed by atoms with Crippen LogP contribution in [0.2, 0.25) is 0 Å². The van der Waals surface area contributed by atoms with E-state index in [2.05, 4.69) is 26.8 Å². The van der Waals surface area contributed by atoms with Crippen molar-refractivity contribution in [2.45, 2.75) is 0 Å². The number of rotatable bonds is 1. The average Bonchev–Trinajstić information content (AvgIpc) is 2.88. The van der Waals surface area contributed by atoms with E-state index in [1.54, 1.807) is 0 Å². The van der Waals surface area contributed by atoms with Crippen LogP contribution in [0.25, 0.3) is 22.2 Å². The Bertz CT molecular complexity index is 555. The molecule has 67 valence electrons. The maximum atomic E-state index is 4.73. The van der Waals surface area contributed by atoms with Crippen LogP contribution >= 0.6 is 0 Å². The summed E-state index contributed by atoms with van der Waals surface area (Å²) in [6, 6.07) is 5.75. The smallest absolute Gasteiger partial charge is 0.144 e. The lowest BCUT2D eigenvalue weighted by atomic mass is 10.1. The molecule has 0 aliphatic carbocycles. The maximum absolute atomic E-state index is 4.73. The molecule has 2 heterocycles. The Morgan fingerprint density at radius 3 is 3.21 bits per heavy atom. The summed E-state index contributed by atoms with van der Waals surface area (Å²) in [5, 5.41) is 14.0. The fourth-order valence-corrected chi connectivity index (χ4v) is 1.39. The molecule has 5 heteroatoms. The second kappa shape index (κ2) is 2.66. The molecule has 0 bridgehead atoms. The lowest BCUT2D eigenvalue weighted by molar-refractivity contribution is 0.418. The van der Waals surface area contributed by atoms with Crippen molar-refractivity contribution in [3.05, 3.63) is 30.7 Å². The summed E-state index contributed by atoms with van der Waals surface area (Å²) in [5.74, 6) is 0. The molecule has 0 aliphatic rings. The van der Waals surface area contributed by atoms with Crippen LogP contribution in [0.1, 0.15) is 0 Å². The third-order valence-electron chi connectivity index (χ3n) is 2.04.